The molecule has 3 aliphatic heterocycles. The Morgan fingerprint density at radius 2 is 1.89 bits per heavy atom. The Morgan fingerprint density at radius 3 is 2.64 bits per heavy atom. The molecular weight excluding hydrogens is 474 g/mol. The SMILES string of the molecule is COc1cc2cc3c(cc2cc1OC[SH2+])N=CC1CCCN1C3=O.c1ccc(N2CCNCC2)nc1. The number of methoxy groups -OCH3 is 1. The summed E-state index contributed by atoms with van der Waals surface area (Å²) in [5.74, 6) is 2.83. The van der Waals surface area contributed by atoms with Crippen LogP contribution < -0.4 is 19.7 Å². The minimum atomic E-state index is 0.0614. The predicted octanol–water partition coefficient (Wildman–Crippen LogP) is 3.01. The molecule has 4 heterocycles. The molecule has 188 valence electrons. The molecule has 8 nitrogen and oxygen atoms in total. The molecule has 1 amide bonds. The van der Waals surface area contributed by atoms with Gasteiger partial charge in [0.25, 0.3) is 5.91 Å². The number of nitrogens with zero attached hydrogens (tertiary/aromatic N) is 4. The summed E-state index contributed by atoms with van der Waals surface area (Å²) < 4.78 is 11.0. The van der Waals surface area contributed by atoms with Gasteiger partial charge in [0.15, 0.2) is 11.5 Å². The highest BCUT2D eigenvalue weighted by Crippen LogP contribution is 2.37. The molecule has 1 unspecified atom stereocenters. The number of carbonyl (C=O) groups is 1. The smallest absolute Gasteiger partial charge is 0.256 e. The van der Waals surface area contributed by atoms with Crippen LogP contribution in [-0.2, 0) is 12.6 Å². The first kappa shape index (κ1) is 24.4. The third-order valence-corrected chi connectivity index (χ3v) is 6.88. The Labute approximate surface area is 216 Å². The molecule has 2 saturated heterocycles. The fourth-order valence-electron chi connectivity index (χ4n) is 4.88. The molecule has 1 aromatic heterocycles. The number of benzene rings is 2. The molecule has 3 aliphatic rings. The lowest BCUT2D eigenvalue weighted by atomic mass is 10.0. The Bertz CT molecular complexity index is 1250. The first-order chi connectivity index (χ1) is 17.7. The van der Waals surface area contributed by atoms with E-state index in [-0.39, 0.29) is 11.9 Å². The molecule has 9 heteroatoms. The number of hydrogen-bond acceptors (Lipinski definition) is 7. The zero-order valence-corrected chi connectivity index (χ0v) is 21.4. The summed E-state index contributed by atoms with van der Waals surface area (Å²) in [6.45, 7) is 5.06. The maximum absolute atomic E-state index is 12.9. The van der Waals surface area contributed by atoms with E-state index in [0.717, 1.165) is 67.8 Å². The van der Waals surface area contributed by atoms with Crippen LogP contribution in [0.25, 0.3) is 10.8 Å². The number of pyridine rings is 1. The molecule has 1 atom stereocenters. The van der Waals surface area contributed by atoms with Crippen molar-refractivity contribution >= 4 is 47.0 Å². The Hall–Kier alpha value is -3.30. The van der Waals surface area contributed by atoms with E-state index in [2.05, 4.69) is 38.9 Å². The Kier molecular flexibility index (Phi) is 7.58. The van der Waals surface area contributed by atoms with Crippen molar-refractivity contribution in [3.05, 3.63) is 54.2 Å². The van der Waals surface area contributed by atoms with Gasteiger partial charge in [-0.25, -0.2) is 4.98 Å². The van der Waals surface area contributed by atoms with Crippen molar-refractivity contribution in [2.45, 2.75) is 18.9 Å². The molecule has 2 fully saturated rings. The highest BCUT2D eigenvalue weighted by Gasteiger charge is 2.31. The molecule has 0 bridgehead atoms. The third kappa shape index (κ3) is 5.12. The van der Waals surface area contributed by atoms with Crippen molar-refractivity contribution in [3.8, 4) is 11.5 Å². The minimum absolute atomic E-state index is 0.0614. The van der Waals surface area contributed by atoms with Gasteiger partial charge in [0.05, 0.1) is 24.4 Å². The zero-order chi connectivity index (χ0) is 24.9. The lowest BCUT2D eigenvalue weighted by Gasteiger charge is -2.28. The highest BCUT2D eigenvalue weighted by atomic mass is 32.1. The molecule has 6 rings (SSSR count). The highest BCUT2D eigenvalue weighted by molar-refractivity contribution is 7.58. The van der Waals surface area contributed by atoms with Gasteiger partial charge in [0, 0.05) is 45.1 Å². The van der Waals surface area contributed by atoms with Gasteiger partial charge in [-0.2, -0.15) is 0 Å². The van der Waals surface area contributed by atoms with E-state index in [0.29, 0.717) is 23.0 Å². The second-order valence-electron chi connectivity index (χ2n) is 8.92. The number of anilines is 1. The van der Waals surface area contributed by atoms with Crippen LogP contribution >= 0.6 is 0 Å². The number of aliphatic imine (C=N–C) groups is 1. The second-order valence-corrected chi connectivity index (χ2v) is 9.21. The fraction of sp³-hybridized carbons (Fsp3) is 0.370. The second kappa shape index (κ2) is 11.2. The first-order valence-corrected chi connectivity index (χ1v) is 13.0. The quantitative estimate of drug-likeness (QED) is 0.548. The Morgan fingerprint density at radius 1 is 1.08 bits per heavy atom. The van der Waals surface area contributed by atoms with Crippen LogP contribution in [0.5, 0.6) is 11.5 Å². The first-order valence-electron chi connectivity index (χ1n) is 12.3. The lowest BCUT2D eigenvalue weighted by molar-refractivity contribution is 0.0775. The summed E-state index contributed by atoms with van der Waals surface area (Å²) in [5.41, 5.74) is 1.37. The number of rotatable bonds is 4. The number of hydrogen-bond donors (Lipinski definition) is 1. The van der Waals surface area contributed by atoms with Crippen molar-refractivity contribution in [2.75, 3.05) is 50.7 Å². The van der Waals surface area contributed by atoms with E-state index in [1.165, 1.54) is 0 Å². The zero-order valence-electron chi connectivity index (χ0n) is 20.4. The van der Waals surface area contributed by atoms with E-state index in [4.69, 9.17) is 9.47 Å². The van der Waals surface area contributed by atoms with Gasteiger partial charge in [-0.05, 0) is 72.6 Å². The van der Waals surface area contributed by atoms with Crippen LogP contribution in [0.15, 0.2) is 53.7 Å². The van der Waals surface area contributed by atoms with Crippen LogP contribution in [0.3, 0.4) is 0 Å². The summed E-state index contributed by atoms with van der Waals surface area (Å²) in [5, 5.41) is 5.22. The van der Waals surface area contributed by atoms with Crippen molar-refractivity contribution in [1.29, 1.82) is 0 Å². The van der Waals surface area contributed by atoms with Gasteiger partial charge in [-0.3, -0.25) is 9.79 Å². The predicted molar refractivity (Wildman–Crippen MR) is 148 cm³/mol. The number of carbonyl (C=O) groups excluding carboxylic acids is 1. The van der Waals surface area contributed by atoms with Gasteiger partial charge >= 0.3 is 0 Å². The molecule has 0 saturated carbocycles. The van der Waals surface area contributed by atoms with E-state index >= 15 is 0 Å². The van der Waals surface area contributed by atoms with Crippen molar-refractivity contribution < 1.29 is 14.3 Å². The monoisotopic (exact) mass is 506 g/mol. The van der Waals surface area contributed by atoms with Crippen LogP contribution in [0.1, 0.15) is 23.2 Å². The largest absolute Gasteiger partial charge is 0.493 e. The van der Waals surface area contributed by atoms with E-state index < -0.39 is 0 Å². The number of ether oxygens (including phenoxy) is 2. The van der Waals surface area contributed by atoms with Crippen LogP contribution in [0.4, 0.5) is 11.5 Å². The van der Waals surface area contributed by atoms with Crippen LogP contribution in [-0.4, -0.2) is 73.8 Å². The van der Waals surface area contributed by atoms with Crippen LogP contribution in [0, 0.1) is 0 Å². The van der Waals surface area contributed by atoms with Crippen LogP contribution in [0.2, 0.25) is 0 Å². The number of piperazine rings is 1. The number of amides is 1. The average molecular weight is 507 g/mol. The molecule has 0 aliphatic carbocycles. The maximum atomic E-state index is 12.9. The van der Waals surface area contributed by atoms with E-state index in [1.54, 1.807) is 7.11 Å². The molecule has 0 radical (unpaired) electrons. The summed E-state index contributed by atoms with van der Waals surface area (Å²) in [6, 6.07) is 13.8. The number of nitrogens with one attached hydrogen (secondary N) is 1. The van der Waals surface area contributed by atoms with Gasteiger partial charge in [-0.1, -0.05) is 6.07 Å². The van der Waals surface area contributed by atoms with Crippen molar-refractivity contribution in [2.24, 2.45) is 4.99 Å². The Balaban J connectivity index is 0.000000186. The molecule has 1 N–H and O–H groups in total. The van der Waals surface area contributed by atoms with E-state index in [9.17, 15) is 4.79 Å². The van der Waals surface area contributed by atoms with Gasteiger partial charge in [0.1, 0.15) is 5.82 Å². The maximum Gasteiger partial charge on any atom is 0.256 e. The van der Waals surface area contributed by atoms with Gasteiger partial charge in [0.2, 0.25) is 5.94 Å². The van der Waals surface area contributed by atoms with Crippen molar-refractivity contribution in [1.82, 2.24) is 15.2 Å². The minimum Gasteiger partial charge on any atom is -0.493 e. The number of aromatic nitrogens is 1. The van der Waals surface area contributed by atoms with Gasteiger partial charge < -0.3 is 24.6 Å². The summed E-state index contributed by atoms with van der Waals surface area (Å²) in [6.07, 6.45) is 5.77. The average Bonchev–Trinajstić information content (AvgIpc) is 3.36. The van der Waals surface area contributed by atoms with E-state index in [1.807, 2.05) is 53.7 Å². The summed E-state index contributed by atoms with van der Waals surface area (Å²) in [4.78, 5) is 26.0. The molecule has 0 spiro atoms. The molecule has 2 aromatic carbocycles. The summed E-state index contributed by atoms with van der Waals surface area (Å²) >= 11 is 3.32. The standard InChI is InChI=1S/C18H18N2O3S.C9H13N3/c1-22-16-7-11-5-14-15(6-12(11)8-17(16)23-10-24)19-9-13-3-2-4-20(13)18(14)21;1-2-4-11-9(3-1)12-7-5-10-6-8-12/h5-9,13,24H,2-4,10H2,1H3;1-4,10H,5-8H2/p+1. The molecular formula is C27H32N5O3S+. The number of fused-ring (bicyclic) bond motifs is 3. The summed E-state index contributed by atoms with van der Waals surface area (Å²) in [7, 11) is 1.61. The molecule has 36 heavy (non-hydrogen) atoms. The van der Waals surface area contributed by atoms with Crippen molar-refractivity contribution in [3.63, 3.8) is 0 Å². The fourth-order valence-corrected chi connectivity index (χ4v) is 5.03. The third-order valence-electron chi connectivity index (χ3n) is 6.73. The van der Waals surface area contributed by atoms with Gasteiger partial charge in [-0.15, -0.1) is 0 Å². The normalized spacial score (nSPS) is 18.7. The molecule has 3 aromatic rings. The topological polar surface area (TPSA) is 79.3 Å². The lowest BCUT2D eigenvalue weighted by Crippen LogP contribution is -2.43.